The Morgan fingerprint density at radius 2 is 1.18 bits per heavy atom. The van der Waals surface area contributed by atoms with E-state index in [1.807, 2.05) is 0 Å². The SMILES string of the molecule is C(=C1/CN(Cc2ccccc2)CC1C[Si](c1ccccc1)c1ccccc1)/c1ccccc1. The Balaban J connectivity index is 1.45. The Morgan fingerprint density at radius 1 is 0.667 bits per heavy atom. The van der Waals surface area contributed by atoms with E-state index in [1.165, 1.54) is 27.5 Å². The minimum atomic E-state index is -0.869. The summed E-state index contributed by atoms with van der Waals surface area (Å²) < 4.78 is 0. The summed E-state index contributed by atoms with van der Waals surface area (Å²) >= 11 is 0. The van der Waals surface area contributed by atoms with Crippen molar-refractivity contribution in [1.29, 1.82) is 0 Å². The molecule has 1 saturated heterocycles. The molecule has 1 unspecified atom stereocenters. The third kappa shape index (κ3) is 5.59. The quantitative estimate of drug-likeness (QED) is 0.340. The van der Waals surface area contributed by atoms with E-state index in [4.69, 9.17) is 0 Å². The zero-order valence-electron chi connectivity index (χ0n) is 19.0. The average molecular weight is 445 g/mol. The summed E-state index contributed by atoms with van der Waals surface area (Å²) in [7, 11) is -0.869. The van der Waals surface area contributed by atoms with Crippen LogP contribution in [0.5, 0.6) is 0 Å². The lowest BCUT2D eigenvalue weighted by molar-refractivity contribution is 0.322. The van der Waals surface area contributed by atoms with Gasteiger partial charge < -0.3 is 0 Å². The molecule has 163 valence electrons. The Kier molecular flexibility index (Phi) is 6.95. The van der Waals surface area contributed by atoms with Gasteiger partial charge in [0.05, 0.1) is 0 Å². The molecule has 1 aliphatic rings. The predicted molar refractivity (Wildman–Crippen MR) is 142 cm³/mol. The molecule has 1 atom stereocenters. The van der Waals surface area contributed by atoms with Gasteiger partial charge in [-0.1, -0.05) is 143 Å². The van der Waals surface area contributed by atoms with Crippen molar-refractivity contribution in [1.82, 2.24) is 4.90 Å². The molecule has 4 aromatic rings. The summed E-state index contributed by atoms with van der Waals surface area (Å²) in [6.45, 7) is 3.19. The predicted octanol–water partition coefficient (Wildman–Crippen LogP) is 5.51. The van der Waals surface area contributed by atoms with Gasteiger partial charge in [-0.25, -0.2) is 0 Å². The Bertz CT molecular complexity index is 1120. The number of rotatable bonds is 7. The fraction of sp³-hybridized carbons (Fsp3) is 0.161. The first-order valence-corrected chi connectivity index (χ1v) is 13.5. The Morgan fingerprint density at radius 3 is 1.76 bits per heavy atom. The molecule has 0 aliphatic carbocycles. The van der Waals surface area contributed by atoms with Crippen molar-refractivity contribution in [2.45, 2.75) is 12.6 Å². The van der Waals surface area contributed by atoms with Crippen LogP contribution in [-0.2, 0) is 6.54 Å². The molecule has 1 fully saturated rings. The van der Waals surface area contributed by atoms with Crippen LogP contribution >= 0.6 is 0 Å². The van der Waals surface area contributed by atoms with E-state index in [0.29, 0.717) is 5.92 Å². The molecule has 0 amide bonds. The van der Waals surface area contributed by atoms with E-state index < -0.39 is 8.80 Å². The normalized spacial score (nSPS) is 17.6. The van der Waals surface area contributed by atoms with Gasteiger partial charge in [-0.05, 0) is 23.1 Å². The van der Waals surface area contributed by atoms with Gasteiger partial charge in [-0.2, -0.15) is 0 Å². The van der Waals surface area contributed by atoms with Crippen molar-refractivity contribution in [2.75, 3.05) is 13.1 Å². The smallest absolute Gasteiger partial charge is 0.122 e. The lowest BCUT2D eigenvalue weighted by Crippen LogP contribution is -2.43. The minimum Gasteiger partial charge on any atom is -0.295 e. The summed E-state index contributed by atoms with van der Waals surface area (Å²) in [5.74, 6) is 0.572. The van der Waals surface area contributed by atoms with Crippen molar-refractivity contribution < 1.29 is 0 Å². The van der Waals surface area contributed by atoms with Gasteiger partial charge in [0, 0.05) is 19.6 Å². The molecule has 1 heterocycles. The number of hydrogen-bond acceptors (Lipinski definition) is 1. The molecule has 0 spiro atoms. The van der Waals surface area contributed by atoms with Crippen LogP contribution in [0.2, 0.25) is 6.04 Å². The van der Waals surface area contributed by atoms with Crippen molar-refractivity contribution in [3.63, 3.8) is 0 Å². The first-order chi connectivity index (χ1) is 16.3. The van der Waals surface area contributed by atoms with Gasteiger partial charge in [0.2, 0.25) is 0 Å². The van der Waals surface area contributed by atoms with E-state index in [1.54, 1.807) is 5.57 Å². The average Bonchev–Trinajstić information content (AvgIpc) is 3.25. The molecule has 1 radical (unpaired) electrons. The topological polar surface area (TPSA) is 3.24 Å². The highest BCUT2D eigenvalue weighted by Crippen LogP contribution is 2.30. The van der Waals surface area contributed by atoms with Crippen molar-refractivity contribution in [2.24, 2.45) is 5.92 Å². The lowest BCUT2D eigenvalue weighted by atomic mass is 10.0. The summed E-state index contributed by atoms with van der Waals surface area (Å²) in [6, 6.07) is 45.3. The first-order valence-electron chi connectivity index (χ1n) is 11.8. The van der Waals surface area contributed by atoms with E-state index in [2.05, 4.69) is 132 Å². The largest absolute Gasteiger partial charge is 0.295 e. The van der Waals surface area contributed by atoms with Crippen LogP contribution in [0.25, 0.3) is 6.08 Å². The number of likely N-dealkylation sites (tertiary alicyclic amines) is 1. The van der Waals surface area contributed by atoms with Crippen LogP contribution < -0.4 is 10.4 Å². The third-order valence-electron chi connectivity index (χ3n) is 6.50. The van der Waals surface area contributed by atoms with Crippen LogP contribution in [0.1, 0.15) is 11.1 Å². The molecular weight excluding hydrogens is 414 g/mol. The van der Waals surface area contributed by atoms with E-state index in [9.17, 15) is 0 Å². The number of hydrogen-bond donors (Lipinski definition) is 0. The highest BCUT2D eigenvalue weighted by Gasteiger charge is 2.31. The van der Waals surface area contributed by atoms with Crippen LogP contribution in [-0.4, -0.2) is 26.8 Å². The second kappa shape index (κ2) is 10.6. The maximum Gasteiger partial charge on any atom is 0.122 e. The van der Waals surface area contributed by atoms with Crippen LogP contribution in [0, 0.1) is 5.92 Å². The molecule has 0 saturated carbocycles. The second-order valence-corrected chi connectivity index (χ2v) is 11.4. The van der Waals surface area contributed by atoms with Gasteiger partial charge in [0.25, 0.3) is 0 Å². The minimum absolute atomic E-state index is 0.572. The van der Waals surface area contributed by atoms with Gasteiger partial charge in [0.1, 0.15) is 8.80 Å². The molecule has 1 aliphatic heterocycles. The molecule has 33 heavy (non-hydrogen) atoms. The third-order valence-corrected chi connectivity index (χ3v) is 9.47. The fourth-order valence-electron chi connectivity index (χ4n) is 4.89. The summed E-state index contributed by atoms with van der Waals surface area (Å²) in [5.41, 5.74) is 4.28. The van der Waals surface area contributed by atoms with Gasteiger partial charge >= 0.3 is 0 Å². The van der Waals surface area contributed by atoms with Crippen molar-refractivity contribution in [3.8, 4) is 0 Å². The second-order valence-electron chi connectivity index (χ2n) is 8.90. The zero-order valence-corrected chi connectivity index (χ0v) is 20.0. The lowest BCUT2D eigenvalue weighted by Gasteiger charge is -2.21. The van der Waals surface area contributed by atoms with Crippen molar-refractivity contribution in [3.05, 3.63) is 138 Å². The van der Waals surface area contributed by atoms with Gasteiger partial charge in [-0.15, -0.1) is 0 Å². The molecule has 1 nitrogen and oxygen atoms in total. The first kappa shape index (κ1) is 21.6. The Hall–Kier alpha value is -3.20. The monoisotopic (exact) mass is 444 g/mol. The number of benzene rings is 4. The van der Waals surface area contributed by atoms with Crippen LogP contribution in [0.15, 0.2) is 127 Å². The van der Waals surface area contributed by atoms with E-state index in [-0.39, 0.29) is 0 Å². The summed E-state index contributed by atoms with van der Waals surface area (Å²) in [5, 5.41) is 3.02. The van der Waals surface area contributed by atoms with Crippen LogP contribution in [0.3, 0.4) is 0 Å². The highest BCUT2D eigenvalue weighted by molar-refractivity contribution is 6.85. The molecule has 4 aromatic carbocycles. The maximum atomic E-state index is 2.63. The molecule has 0 N–H and O–H groups in total. The fourth-order valence-corrected chi connectivity index (χ4v) is 7.77. The summed E-state index contributed by atoms with van der Waals surface area (Å²) in [6.07, 6.45) is 2.45. The standard InChI is InChI=1S/C31H30NSi/c1-5-13-26(14-6-1)21-28-23-32(22-27-15-7-2-8-16-27)24-29(28)25-33(30-17-9-3-10-18-30)31-19-11-4-12-20-31/h1-21,29H,22-25H2/b28-21+. The highest BCUT2D eigenvalue weighted by atomic mass is 28.3. The molecule has 0 bridgehead atoms. The number of nitrogens with zero attached hydrogens (tertiary/aromatic N) is 1. The molecule has 0 aromatic heterocycles. The zero-order chi connectivity index (χ0) is 22.3. The molecule has 5 rings (SSSR count). The maximum absolute atomic E-state index is 2.63. The van der Waals surface area contributed by atoms with Gasteiger partial charge in [-0.3, -0.25) is 4.90 Å². The molecule has 2 heteroatoms. The van der Waals surface area contributed by atoms with E-state index in [0.717, 1.165) is 19.6 Å². The van der Waals surface area contributed by atoms with E-state index >= 15 is 0 Å². The summed E-state index contributed by atoms with van der Waals surface area (Å²) in [4.78, 5) is 2.63. The van der Waals surface area contributed by atoms with Crippen LogP contribution in [0.4, 0.5) is 0 Å². The Labute approximate surface area is 199 Å². The van der Waals surface area contributed by atoms with Crippen molar-refractivity contribution >= 4 is 25.2 Å². The molecular formula is C31H30NSi. The van der Waals surface area contributed by atoms with Gasteiger partial charge in [0.15, 0.2) is 0 Å².